The topological polar surface area (TPSA) is 275 Å². The normalized spacial score (nSPS) is 13.8. The molecule has 0 saturated heterocycles. The first kappa shape index (κ1) is 32.3. The van der Waals surface area contributed by atoms with Crippen molar-refractivity contribution in [2.45, 2.75) is 62.7 Å². The van der Waals surface area contributed by atoms with E-state index < -0.39 is 59.7 Å². The maximum absolute atomic E-state index is 13.4. The van der Waals surface area contributed by atoms with Gasteiger partial charge in [-0.25, -0.2) is 9.78 Å². The van der Waals surface area contributed by atoms with E-state index in [1.165, 1.54) is 12.5 Å². The number of nitrogens with zero attached hydrogens (tertiary/aromatic N) is 1. The fourth-order valence-electron chi connectivity index (χ4n) is 4.33. The van der Waals surface area contributed by atoms with Gasteiger partial charge in [0.25, 0.3) is 0 Å². The summed E-state index contributed by atoms with van der Waals surface area (Å²) in [6.07, 6.45) is 3.13. The van der Waals surface area contributed by atoms with Gasteiger partial charge in [0.2, 0.25) is 23.6 Å². The predicted octanol–water partition coefficient (Wildman–Crippen LogP) is -1.33. The van der Waals surface area contributed by atoms with Crippen LogP contribution >= 0.6 is 0 Å². The Labute approximate surface area is 245 Å². The smallest absolute Gasteiger partial charge is 0.326 e. The summed E-state index contributed by atoms with van der Waals surface area (Å²) in [6.45, 7) is 0. The van der Waals surface area contributed by atoms with Gasteiger partial charge in [0.05, 0.1) is 12.4 Å². The number of para-hydroxylation sites is 1. The van der Waals surface area contributed by atoms with E-state index in [1.807, 2.05) is 18.2 Å². The number of hydrogen-bond acceptors (Lipinski definition) is 8. The number of carbonyl (C=O) groups excluding carboxylic acids is 4. The summed E-state index contributed by atoms with van der Waals surface area (Å²) >= 11 is 0. The molecule has 43 heavy (non-hydrogen) atoms. The molecule has 3 rings (SSSR count). The zero-order valence-corrected chi connectivity index (χ0v) is 23.0. The molecular formula is C27H34N8O8. The fourth-order valence-corrected chi connectivity index (χ4v) is 4.33. The van der Waals surface area contributed by atoms with E-state index >= 15 is 0 Å². The van der Waals surface area contributed by atoms with E-state index in [9.17, 15) is 33.9 Å². The Kier molecular flexibility index (Phi) is 11.3. The van der Waals surface area contributed by atoms with Gasteiger partial charge in [-0.1, -0.05) is 18.2 Å². The quantitative estimate of drug-likeness (QED) is 0.0883. The van der Waals surface area contributed by atoms with E-state index in [0.717, 1.165) is 10.9 Å². The molecule has 4 amide bonds. The molecule has 0 aliphatic rings. The highest BCUT2D eigenvalue weighted by molar-refractivity contribution is 5.95. The second-order valence-corrected chi connectivity index (χ2v) is 9.91. The third kappa shape index (κ3) is 9.67. The van der Waals surface area contributed by atoms with E-state index in [0.29, 0.717) is 11.3 Å². The van der Waals surface area contributed by atoms with Crippen molar-refractivity contribution in [2.75, 3.05) is 0 Å². The number of imidazole rings is 1. The van der Waals surface area contributed by atoms with Gasteiger partial charge in [-0.3, -0.25) is 24.0 Å². The van der Waals surface area contributed by atoms with Gasteiger partial charge in [0.1, 0.15) is 18.1 Å². The molecule has 3 aromatic rings. The lowest BCUT2D eigenvalue weighted by Gasteiger charge is -2.25. The maximum atomic E-state index is 13.4. The third-order valence-electron chi connectivity index (χ3n) is 6.64. The summed E-state index contributed by atoms with van der Waals surface area (Å²) in [5.41, 5.74) is 12.9. The Hall–Kier alpha value is -5.25. The van der Waals surface area contributed by atoms with Crippen LogP contribution in [-0.2, 0) is 41.6 Å². The Morgan fingerprint density at radius 1 is 0.837 bits per heavy atom. The Morgan fingerprint density at radius 3 is 2.16 bits per heavy atom. The Balaban J connectivity index is 1.78. The number of fused-ring (bicyclic) bond motifs is 1. The number of amides is 4. The molecule has 4 atom stereocenters. The van der Waals surface area contributed by atoms with Crippen molar-refractivity contribution in [2.24, 2.45) is 11.5 Å². The number of H-pyrrole nitrogens is 2. The van der Waals surface area contributed by atoms with Crippen LogP contribution in [0.15, 0.2) is 43.0 Å². The summed E-state index contributed by atoms with van der Waals surface area (Å²) in [5, 5.41) is 26.9. The van der Waals surface area contributed by atoms with Gasteiger partial charge in [-0.2, -0.15) is 0 Å². The van der Waals surface area contributed by atoms with Crippen molar-refractivity contribution in [3.8, 4) is 0 Å². The maximum Gasteiger partial charge on any atom is 0.326 e. The number of carbonyl (C=O) groups is 6. The number of rotatable bonds is 17. The van der Waals surface area contributed by atoms with Crippen molar-refractivity contribution >= 4 is 46.5 Å². The van der Waals surface area contributed by atoms with Gasteiger partial charge < -0.3 is 47.6 Å². The average molecular weight is 599 g/mol. The van der Waals surface area contributed by atoms with Crippen LogP contribution < -0.4 is 27.4 Å². The van der Waals surface area contributed by atoms with Crippen LogP contribution in [0.4, 0.5) is 0 Å². The van der Waals surface area contributed by atoms with Gasteiger partial charge in [-0.05, 0) is 24.5 Å². The molecule has 11 N–H and O–H groups in total. The molecule has 16 heteroatoms. The van der Waals surface area contributed by atoms with Crippen LogP contribution in [0.1, 0.15) is 36.9 Å². The van der Waals surface area contributed by atoms with Crippen molar-refractivity contribution in [3.63, 3.8) is 0 Å². The average Bonchev–Trinajstić information content (AvgIpc) is 3.62. The monoisotopic (exact) mass is 598 g/mol. The van der Waals surface area contributed by atoms with Crippen molar-refractivity contribution in [3.05, 3.63) is 54.2 Å². The second-order valence-electron chi connectivity index (χ2n) is 9.91. The zero-order valence-electron chi connectivity index (χ0n) is 23.0. The number of aromatic amines is 2. The van der Waals surface area contributed by atoms with Crippen LogP contribution in [0.2, 0.25) is 0 Å². The lowest BCUT2D eigenvalue weighted by molar-refractivity contribution is -0.142. The Morgan fingerprint density at radius 2 is 1.51 bits per heavy atom. The summed E-state index contributed by atoms with van der Waals surface area (Å²) < 4.78 is 0. The number of carboxylic acid groups (broad SMARTS) is 2. The number of aromatic nitrogens is 3. The van der Waals surface area contributed by atoms with Gasteiger partial charge in [0.15, 0.2) is 0 Å². The number of nitrogens with two attached hydrogens (primary N) is 2. The molecule has 230 valence electrons. The minimum Gasteiger partial charge on any atom is -0.481 e. The van der Waals surface area contributed by atoms with E-state index in [1.54, 1.807) is 12.3 Å². The van der Waals surface area contributed by atoms with Crippen LogP contribution in [0, 0.1) is 0 Å². The number of nitrogens with one attached hydrogen (secondary N) is 5. The highest BCUT2D eigenvalue weighted by atomic mass is 16.4. The number of hydrogen-bond donors (Lipinski definition) is 9. The van der Waals surface area contributed by atoms with Crippen molar-refractivity contribution < 1.29 is 39.0 Å². The number of benzene rings is 1. The molecule has 4 unspecified atom stereocenters. The van der Waals surface area contributed by atoms with Crippen LogP contribution in [0.3, 0.4) is 0 Å². The molecule has 2 aromatic heterocycles. The minimum absolute atomic E-state index is 0.0542. The highest BCUT2D eigenvalue weighted by Gasteiger charge is 2.31. The molecule has 0 aliphatic heterocycles. The van der Waals surface area contributed by atoms with Crippen molar-refractivity contribution in [1.29, 1.82) is 0 Å². The molecule has 2 heterocycles. The molecule has 1 aromatic carbocycles. The third-order valence-corrected chi connectivity index (χ3v) is 6.64. The van der Waals surface area contributed by atoms with Crippen LogP contribution in [0.25, 0.3) is 10.9 Å². The molecule has 0 spiro atoms. The minimum atomic E-state index is -1.37. The SMILES string of the molecule is NC(=O)CCC(NC(=O)C(N)CCC(=O)O)C(=O)NC(Cc1cnc[nH]1)C(=O)NC(Cc1c[nH]c2ccccc12)C(=O)O. The standard InChI is InChI=1S/C27H34N8O8/c28-17(5-8-23(37)38)24(39)33-19(6-7-22(29)36)25(40)34-20(10-15-12-30-13-32-15)26(41)35-21(27(42)43)9-14-11-31-18-4-2-1-3-16(14)18/h1-4,11-13,17,19-21,31H,5-10,28H2,(H2,29,36)(H,30,32)(H,33,39)(H,34,40)(H,35,41)(H,37,38)(H,42,43). The van der Waals surface area contributed by atoms with Crippen LogP contribution in [0.5, 0.6) is 0 Å². The molecule has 0 saturated carbocycles. The summed E-state index contributed by atoms with van der Waals surface area (Å²) in [5.74, 6) is -5.76. The van der Waals surface area contributed by atoms with E-state index in [-0.39, 0.29) is 38.5 Å². The zero-order chi connectivity index (χ0) is 31.5. The molecule has 0 aliphatic carbocycles. The first-order chi connectivity index (χ1) is 20.4. The highest BCUT2D eigenvalue weighted by Crippen LogP contribution is 2.19. The van der Waals surface area contributed by atoms with Crippen molar-refractivity contribution in [1.82, 2.24) is 30.9 Å². The number of primary amides is 1. The number of carboxylic acids is 2. The lowest BCUT2D eigenvalue weighted by Crippen LogP contribution is -2.58. The predicted molar refractivity (Wildman–Crippen MR) is 151 cm³/mol. The molecule has 0 radical (unpaired) electrons. The molecular weight excluding hydrogens is 564 g/mol. The van der Waals surface area contributed by atoms with E-state index in [4.69, 9.17) is 16.6 Å². The van der Waals surface area contributed by atoms with Gasteiger partial charge >= 0.3 is 11.9 Å². The summed E-state index contributed by atoms with van der Waals surface area (Å²) in [4.78, 5) is 83.4. The fraction of sp³-hybridized carbons (Fsp3) is 0.370. The van der Waals surface area contributed by atoms with Gasteiger partial charge in [-0.15, -0.1) is 0 Å². The second kappa shape index (κ2) is 15.1. The van der Waals surface area contributed by atoms with E-state index in [2.05, 4.69) is 30.9 Å². The number of aliphatic carboxylic acids is 2. The molecule has 0 bridgehead atoms. The molecule has 16 nitrogen and oxygen atoms in total. The first-order valence-corrected chi connectivity index (χ1v) is 13.4. The summed E-state index contributed by atoms with van der Waals surface area (Å²) in [7, 11) is 0. The molecule has 0 fully saturated rings. The Bertz CT molecular complexity index is 1450. The lowest BCUT2D eigenvalue weighted by atomic mass is 10.0. The van der Waals surface area contributed by atoms with Gasteiger partial charge in [0, 0.05) is 54.7 Å². The van der Waals surface area contributed by atoms with Crippen LogP contribution in [-0.4, -0.2) is 84.9 Å². The summed E-state index contributed by atoms with van der Waals surface area (Å²) in [6, 6.07) is 1.96. The largest absolute Gasteiger partial charge is 0.481 e. The first-order valence-electron chi connectivity index (χ1n) is 13.4.